The normalized spacial score (nSPS) is 14.6. The van der Waals surface area contributed by atoms with E-state index in [1.807, 2.05) is 42.7 Å². The number of nitrogens with one attached hydrogen (secondary N) is 1. The van der Waals surface area contributed by atoms with Crippen molar-refractivity contribution in [3.05, 3.63) is 96.3 Å². The van der Waals surface area contributed by atoms with Gasteiger partial charge in [0.2, 0.25) is 0 Å². The predicted molar refractivity (Wildman–Crippen MR) is 126 cm³/mol. The largest absolute Gasteiger partial charge is 0.489 e. The Morgan fingerprint density at radius 2 is 1.65 bits per heavy atom. The minimum atomic E-state index is 0.575. The molecule has 4 nitrogen and oxygen atoms in total. The third kappa shape index (κ3) is 4.76. The van der Waals surface area contributed by atoms with Gasteiger partial charge in [-0.05, 0) is 40.3 Å². The number of nitrogens with zero attached hydrogens (tertiary/aromatic N) is 2. The van der Waals surface area contributed by atoms with Gasteiger partial charge < -0.3 is 10.1 Å². The zero-order valence-corrected chi connectivity index (χ0v) is 17.6. The van der Waals surface area contributed by atoms with Crippen LogP contribution >= 0.6 is 0 Å². The molecule has 156 valence electrons. The molecule has 0 radical (unpaired) electrons. The van der Waals surface area contributed by atoms with E-state index < -0.39 is 0 Å². The maximum Gasteiger partial charge on any atom is 0.119 e. The third-order valence-electron chi connectivity index (χ3n) is 5.85. The van der Waals surface area contributed by atoms with Crippen LogP contribution < -0.4 is 10.1 Å². The molecule has 1 fully saturated rings. The molecule has 1 aliphatic heterocycles. The molecule has 0 atom stereocenters. The van der Waals surface area contributed by atoms with Crippen molar-refractivity contribution in [3.8, 4) is 16.9 Å². The standard InChI is InChI=1S/C27H27N3O/c1-2-4-21(5-3-1)20-31-25-10-8-23(9-11-25)27-18-29-17-24-7-6-22(16-26(24)27)19-30-14-12-28-13-15-30/h1-11,16-18,28H,12-15,19-20H2. The highest BCUT2D eigenvalue weighted by molar-refractivity contribution is 5.96. The van der Waals surface area contributed by atoms with Crippen molar-refractivity contribution in [2.75, 3.05) is 26.2 Å². The first-order valence-electron chi connectivity index (χ1n) is 10.9. The SMILES string of the molecule is c1ccc(COc2ccc(-c3cncc4ccc(CN5CCNCC5)cc34)cc2)cc1. The summed E-state index contributed by atoms with van der Waals surface area (Å²) in [5.74, 6) is 0.875. The molecule has 0 saturated carbocycles. The van der Waals surface area contributed by atoms with Gasteiger partial charge >= 0.3 is 0 Å². The Hall–Kier alpha value is -3.21. The van der Waals surface area contributed by atoms with Crippen LogP contribution in [-0.2, 0) is 13.2 Å². The molecule has 0 bridgehead atoms. The van der Waals surface area contributed by atoms with Gasteiger partial charge in [0.25, 0.3) is 0 Å². The van der Waals surface area contributed by atoms with Crippen LogP contribution in [-0.4, -0.2) is 36.1 Å². The summed E-state index contributed by atoms with van der Waals surface area (Å²) < 4.78 is 5.95. The minimum absolute atomic E-state index is 0.575. The van der Waals surface area contributed by atoms with Crippen molar-refractivity contribution in [2.45, 2.75) is 13.2 Å². The summed E-state index contributed by atoms with van der Waals surface area (Å²) in [6, 6.07) is 25.3. The third-order valence-corrected chi connectivity index (χ3v) is 5.85. The Balaban J connectivity index is 1.36. The summed E-state index contributed by atoms with van der Waals surface area (Å²) in [6.45, 7) is 5.91. The number of piperazine rings is 1. The van der Waals surface area contributed by atoms with Gasteiger partial charge in [-0.2, -0.15) is 0 Å². The summed E-state index contributed by atoms with van der Waals surface area (Å²) in [5, 5.41) is 5.85. The maximum absolute atomic E-state index is 5.95. The van der Waals surface area contributed by atoms with E-state index in [9.17, 15) is 0 Å². The Kier molecular flexibility index (Phi) is 5.92. The molecule has 0 amide bonds. The number of hydrogen-bond donors (Lipinski definition) is 1. The average molecular weight is 410 g/mol. The molecular weight excluding hydrogens is 382 g/mol. The fourth-order valence-corrected chi connectivity index (χ4v) is 4.14. The molecule has 4 aromatic rings. The second-order valence-electron chi connectivity index (χ2n) is 8.07. The number of hydrogen-bond acceptors (Lipinski definition) is 4. The lowest BCUT2D eigenvalue weighted by molar-refractivity contribution is 0.233. The van der Waals surface area contributed by atoms with Crippen LogP contribution in [0.15, 0.2) is 85.2 Å². The van der Waals surface area contributed by atoms with Crippen LogP contribution in [0, 0.1) is 0 Å². The summed E-state index contributed by atoms with van der Waals surface area (Å²) in [7, 11) is 0. The second-order valence-corrected chi connectivity index (χ2v) is 8.07. The van der Waals surface area contributed by atoms with E-state index in [0.717, 1.165) is 49.6 Å². The van der Waals surface area contributed by atoms with Crippen molar-refractivity contribution < 1.29 is 4.74 Å². The van der Waals surface area contributed by atoms with Gasteiger partial charge in [0.1, 0.15) is 12.4 Å². The van der Waals surface area contributed by atoms with Gasteiger partial charge in [-0.25, -0.2) is 0 Å². The summed E-state index contributed by atoms with van der Waals surface area (Å²) in [6.07, 6.45) is 3.92. The van der Waals surface area contributed by atoms with Crippen molar-refractivity contribution >= 4 is 10.8 Å². The number of aromatic nitrogens is 1. The zero-order chi connectivity index (χ0) is 20.9. The molecule has 0 spiro atoms. The molecule has 4 heteroatoms. The van der Waals surface area contributed by atoms with E-state index in [1.54, 1.807) is 0 Å². The van der Waals surface area contributed by atoms with Crippen LogP contribution in [0.4, 0.5) is 0 Å². The van der Waals surface area contributed by atoms with Gasteiger partial charge in [0, 0.05) is 56.1 Å². The highest BCUT2D eigenvalue weighted by Crippen LogP contribution is 2.30. The van der Waals surface area contributed by atoms with Gasteiger partial charge in [0.15, 0.2) is 0 Å². The van der Waals surface area contributed by atoms with Gasteiger partial charge in [0.05, 0.1) is 0 Å². The number of ether oxygens (including phenoxy) is 1. The molecule has 0 aliphatic carbocycles. The van der Waals surface area contributed by atoms with E-state index >= 15 is 0 Å². The van der Waals surface area contributed by atoms with E-state index in [2.05, 4.69) is 57.7 Å². The summed E-state index contributed by atoms with van der Waals surface area (Å²) in [5.41, 5.74) is 4.84. The molecule has 0 unspecified atom stereocenters. The van der Waals surface area contributed by atoms with E-state index in [-0.39, 0.29) is 0 Å². The summed E-state index contributed by atoms with van der Waals surface area (Å²) >= 11 is 0. The smallest absolute Gasteiger partial charge is 0.119 e. The fraction of sp³-hybridized carbons (Fsp3) is 0.222. The van der Waals surface area contributed by atoms with Gasteiger partial charge in [-0.3, -0.25) is 9.88 Å². The topological polar surface area (TPSA) is 37.4 Å². The predicted octanol–water partition coefficient (Wildman–Crippen LogP) is 4.89. The first kappa shape index (κ1) is 19.7. The first-order chi connectivity index (χ1) is 15.3. The number of rotatable bonds is 6. The lowest BCUT2D eigenvalue weighted by Crippen LogP contribution is -2.42. The van der Waals surface area contributed by atoms with E-state index in [1.165, 1.54) is 21.9 Å². The van der Waals surface area contributed by atoms with E-state index in [4.69, 9.17) is 4.74 Å². The Labute approximate surface area is 183 Å². The van der Waals surface area contributed by atoms with Crippen LogP contribution in [0.25, 0.3) is 21.9 Å². The van der Waals surface area contributed by atoms with Crippen molar-refractivity contribution in [1.29, 1.82) is 0 Å². The second kappa shape index (κ2) is 9.29. The van der Waals surface area contributed by atoms with Gasteiger partial charge in [-0.1, -0.05) is 54.6 Å². The Morgan fingerprint density at radius 3 is 2.45 bits per heavy atom. The molecule has 2 heterocycles. The number of pyridine rings is 1. The quantitative estimate of drug-likeness (QED) is 0.492. The van der Waals surface area contributed by atoms with Crippen LogP contribution in [0.3, 0.4) is 0 Å². The zero-order valence-electron chi connectivity index (χ0n) is 17.6. The molecule has 1 saturated heterocycles. The lowest BCUT2D eigenvalue weighted by Gasteiger charge is -2.27. The molecule has 31 heavy (non-hydrogen) atoms. The fourth-order valence-electron chi connectivity index (χ4n) is 4.14. The van der Waals surface area contributed by atoms with Crippen LogP contribution in [0.2, 0.25) is 0 Å². The first-order valence-corrected chi connectivity index (χ1v) is 10.9. The Morgan fingerprint density at radius 1 is 0.839 bits per heavy atom. The van der Waals surface area contributed by atoms with Crippen molar-refractivity contribution in [1.82, 2.24) is 15.2 Å². The van der Waals surface area contributed by atoms with Crippen LogP contribution in [0.5, 0.6) is 5.75 Å². The number of fused-ring (bicyclic) bond motifs is 1. The van der Waals surface area contributed by atoms with Crippen molar-refractivity contribution in [2.24, 2.45) is 0 Å². The van der Waals surface area contributed by atoms with Crippen molar-refractivity contribution in [3.63, 3.8) is 0 Å². The molecule has 1 aliphatic rings. The number of benzene rings is 3. The molecule has 1 N–H and O–H groups in total. The maximum atomic E-state index is 5.95. The van der Waals surface area contributed by atoms with Crippen LogP contribution in [0.1, 0.15) is 11.1 Å². The summed E-state index contributed by atoms with van der Waals surface area (Å²) in [4.78, 5) is 6.99. The highest BCUT2D eigenvalue weighted by atomic mass is 16.5. The monoisotopic (exact) mass is 409 g/mol. The molecule has 1 aromatic heterocycles. The Bertz CT molecular complexity index is 1140. The average Bonchev–Trinajstić information content (AvgIpc) is 2.84. The van der Waals surface area contributed by atoms with Gasteiger partial charge in [-0.15, -0.1) is 0 Å². The molecule has 3 aromatic carbocycles. The molecular formula is C27H27N3O. The molecule has 5 rings (SSSR count). The highest BCUT2D eigenvalue weighted by Gasteiger charge is 2.11. The lowest BCUT2D eigenvalue weighted by atomic mass is 9.99. The minimum Gasteiger partial charge on any atom is -0.489 e. The van der Waals surface area contributed by atoms with E-state index in [0.29, 0.717) is 6.61 Å².